The van der Waals surface area contributed by atoms with Crippen LogP contribution in [0.15, 0.2) is 24.4 Å². The highest BCUT2D eigenvalue weighted by molar-refractivity contribution is 5.48. The van der Waals surface area contributed by atoms with E-state index in [4.69, 9.17) is 0 Å². The Bertz CT molecular complexity index is 640. The number of aromatic nitrogens is 2. The smallest absolute Gasteiger partial charge is 0.352 e. The van der Waals surface area contributed by atoms with Gasteiger partial charge in [0.2, 0.25) is 5.65 Å². The average molecular weight is 276 g/mol. The van der Waals surface area contributed by atoms with E-state index in [1.807, 2.05) is 6.07 Å². The summed E-state index contributed by atoms with van der Waals surface area (Å²) in [7, 11) is 0. The zero-order valence-corrected chi connectivity index (χ0v) is 11.0. The van der Waals surface area contributed by atoms with Crippen molar-refractivity contribution in [1.82, 2.24) is 14.3 Å². The lowest BCUT2D eigenvalue weighted by atomic mass is 10.2. The highest BCUT2D eigenvalue weighted by Gasteiger charge is 2.29. The van der Waals surface area contributed by atoms with Gasteiger partial charge in [-0.25, -0.2) is 4.98 Å². The molecule has 1 fully saturated rings. The molecule has 1 atom stereocenters. The summed E-state index contributed by atoms with van der Waals surface area (Å²) in [6.07, 6.45) is 3.58. The van der Waals surface area contributed by atoms with E-state index in [0.29, 0.717) is 17.9 Å². The van der Waals surface area contributed by atoms with Crippen LogP contribution in [0, 0.1) is 10.1 Å². The number of aliphatic hydroxyl groups is 1. The SMILES string of the molecule is O=[N+]([O-])c1c(CN2CCC[C@H]2CO)nc2ccccn12. The molecule has 0 radical (unpaired) electrons. The number of likely N-dealkylation sites (tertiary alicyclic amines) is 1. The third-order valence-corrected chi connectivity index (χ3v) is 3.81. The number of nitrogens with zero attached hydrogens (tertiary/aromatic N) is 4. The molecule has 2 aromatic rings. The zero-order chi connectivity index (χ0) is 14.1. The molecule has 0 aromatic carbocycles. The highest BCUT2D eigenvalue weighted by atomic mass is 16.6. The average Bonchev–Trinajstić information content (AvgIpc) is 3.02. The Morgan fingerprint density at radius 3 is 3.10 bits per heavy atom. The molecule has 106 valence electrons. The van der Waals surface area contributed by atoms with Crippen LogP contribution in [0.25, 0.3) is 5.65 Å². The fraction of sp³-hybridized carbons (Fsp3) is 0.462. The number of hydrogen-bond acceptors (Lipinski definition) is 5. The molecule has 7 heteroatoms. The molecule has 0 unspecified atom stereocenters. The molecule has 1 N–H and O–H groups in total. The monoisotopic (exact) mass is 276 g/mol. The summed E-state index contributed by atoms with van der Waals surface area (Å²) < 4.78 is 1.50. The van der Waals surface area contributed by atoms with Gasteiger partial charge in [0.15, 0.2) is 5.69 Å². The van der Waals surface area contributed by atoms with Gasteiger partial charge in [0.05, 0.1) is 12.8 Å². The summed E-state index contributed by atoms with van der Waals surface area (Å²) >= 11 is 0. The number of nitro groups is 1. The topological polar surface area (TPSA) is 83.9 Å². The van der Waals surface area contributed by atoms with E-state index >= 15 is 0 Å². The molecule has 0 bridgehead atoms. The van der Waals surface area contributed by atoms with Gasteiger partial charge in [-0.1, -0.05) is 6.07 Å². The second kappa shape index (κ2) is 5.18. The first kappa shape index (κ1) is 13.0. The molecule has 1 aliphatic rings. The van der Waals surface area contributed by atoms with E-state index in [9.17, 15) is 15.2 Å². The van der Waals surface area contributed by atoms with Gasteiger partial charge in [0.1, 0.15) is 0 Å². The molecule has 1 aliphatic heterocycles. The number of aliphatic hydroxyl groups excluding tert-OH is 1. The van der Waals surface area contributed by atoms with Gasteiger partial charge >= 0.3 is 5.82 Å². The summed E-state index contributed by atoms with van der Waals surface area (Å²) in [5, 5.41) is 20.6. The van der Waals surface area contributed by atoms with Crippen molar-refractivity contribution in [2.45, 2.75) is 25.4 Å². The van der Waals surface area contributed by atoms with Crippen LogP contribution in [0.5, 0.6) is 0 Å². The number of rotatable bonds is 4. The highest BCUT2D eigenvalue weighted by Crippen LogP contribution is 2.25. The van der Waals surface area contributed by atoms with Crippen molar-refractivity contribution in [3.63, 3.8) is 0 Å². The van der Waals surface area contributed by atoms with Crippen molar-refractivity contribution in [1.29, 1.82) is 0 Å². The van der Waals surface area contributed by atoms with E-state index in [0.717, 1.165) is 19.4 Å². The summed E-state index contributed by atoms with van der Waals surface area (Å²) in [5.41, 5.74) is 1.04. The van der Waals surface area contributed by atoms with Gasteiger partial charge in [0, 0.05) is 18.7 Å². The Balaban J connectivity index is 1.98. The van der Waals surface area contributed by atoms with Crippen molar-refractivity contribution in [2.75, 3.05) is 13.2 Å². The van der Waals surface area contributed by atoms with E-state index < -0.39 is 0 Å². The van der Waals surface area contributed by atoms with E-state index in [-0.39, 0.29) is 23.4 Å². The minimum absolute atomic E-state index is 0.0178. The van der Waals surface area contributed by atoms with Gasteiger partial charge in [-0.05, 0) is 30.4 Å². The Kier molecular flexibility index (Phi) is 3.37. The van der Waals surface area contributed by atoms with Crippen LogP contribution in [0.2, 0.25) is 0 Å². The Hall–Kier alpha value is -1.99. The summed E-state index contributed by atoms with van der Waals surface area (Å²) in [4.78, 5) is 17.3. The predicted molar refractivity (Wildman–Crippen MR) is 72.4 cm³/mol. The number of hydrogen-bond donors (Lipinski definition) is 1. The lowest BCUT2D eigenvalue weighted by Gasteiger charge is -2.21. The molecular weight excluding hydrogens is 260 g/mol. The number of fused-ring (bicyclic) bond motifs is 1. The van der Waals surface area contributed by atoms with Crippen LogP contribution >= 0.6 is 0 Å². The van der Waals surface area contributed by atoms with E-state index in [2.05, 4.69) is 9.88 Å². The Labute approximate surface area is 115 Å². The molecule has 0 aliphatic carbocycles. The maximum Gasteiger partial charge on any atom is 0.352 e. The Morgan fingerprint density at radius 2 is 2.35 bits per heavy atom. The Morgan fingerprint density at radius 1 is 1.50 bits per heavy atom. The molecule has 2 aromatic heterocycles. The third kappa shape index (κ3) is 2.14. The molecule has 20 heavy (non-hydrogen) atoms. The lowest BCUT2D eigenvalue weighted by Crippen LogP contribution is -2.31. The van der Waals surface area contributed by atoms with Crippen LogP contribution in [0.1, 0.15) is 18.5 Å². The van der Waals surface area contributed by atoms with Crippen molar-refractivity contribution >= 4 is 11.5 Å². The minimum atomic E-state index is -0.390. The second-order valence-corrected chi connectivity index (χ2v) is 5.02. The fourth-order valence-electron chi connectivity index (χ4n) is 2.83. The van der Waals surface area contributed by atoms with Crippen molar-refractivity contribution in [3.8, 4) is 0 Å². The largest absolute Gasteiger partial charge is 0.395 e. The molecule has 0 saturated carbocycles. The van der Waals surface area contributed by atoms with Crippen molar-refractivity contribution in [2.24, 2.45) is 0 Å². The summed E-state index contributed by atoms with van der Waals surface area (Å²) in [6.45, 7) is 1.33. The van der Waals surface area contributed by atoms with E-state index in [1.165, 1.54) is 4.40 Å². The fourth-order valence-corrected chi connectivity index (χ4v) is 2.83. The molecule has 7 nitrogen and oxygen atoms in total. The third-order valence-electron chi connectivity index (χ3n) is 3.81. The molecular formula is C13H16N4O3. The first-order valence-corrected chi connectivity index (χ1v) is 6.66. The predicted octanol–water partition coefficient (Wildman–Crippen LogP) is 1.20. The van der Waals surface area contributed by atoms with Crippen LogP contribution in [-0.4, -0.2) is 43.5 Å². The first-order chi connectivity index (χ1) is 9.70. The van der Waals surface area contributed by atoms with Crippen molar-refractivity contribution in [3.05, 3.63) is 40.2 Å². The van der Waals surface area contributed by atoms with Crippen LogP contribution in [0.4, 0.5) is 5.82 Å². The second-order valence-electron chi connectivity index (χ2n) is 5.02. The van der Waals surface area contributed by atoms with Crippen LogP contribution < -0.4 is 0 Å². The van der Waals surface area contributed by atoms with Crippen LogP contribution in [-0.2, 0) is 6.54 Å². The molecule has 3 rings (SSSR count). The minimum Gasteiger partial charge on any atom is -0.395 e. The standard InChI is InChI=1S/C13H16N4O3/c18-9-10-4-3-6-15(10)8-11-13(17(19)20)16-7-2-1-5-12(16)14-11/h1-2,5,7,10,18H,3-4,6,8-9H2/t10-/m0/s1. The molecule has 1 saturated heterocycles. The maximum atomic E-state index is 11.3. The molecule has 0 amide bonds. The number of pyridine rings is 1. The van der Waals surface area contributed by atoms with Gasteiger partial charge in [-0.15, -0.1) is 0 Å². The quantitative estimate of drug-likeness (QED) is 0.670. The van der Waals surface area contributed by atoms with Gasteiger partial charge in [-0.3, -0.25) is 4.90 Å². The normalized spacial score (nSPS) is 19.8. The first-order valence-electron chi connectivity index (χ1n) is 6.66. The zero-order valence-electron chi connectivity index (χ0n) is 11.0. The molecule has 3 heterocycles. The summed E-state index contributed by atoms with van der Waals surface area (Å²) in [6, 6.07) is 5.39. The summed E-state index contributed by atoms with van der Waals surface area (Å²) in [5.74, 6) is 0.0178. The molecule has 0 spiro atoms. The van der Waals surface area contributed by atoms with Gasteiger partial charge in [-0.2, -0.15) is 4.40 Å². The van der Waals surface area contributed by atoms with Gasteiger partial charge in [0.25, 0.3) is 0 Å². The lowest BCUT2D eigenvalue weighted by molar-refractivity contribution is -0.391. The van der Waals surface area contributed by atoms with E-state index in [1.54, 1.807) is 18.3 Å². The van der Waals surface area contributed by atoms with Gasteiger partial charge < -0.3 is 15.2 Å². The van der Waals surface area contributed by atoms with Crippen LogP contribution in [0.3, 0.4) is 0 Å². The maximum absolute atomic E-state index is 11.3. The van der Waals surface area contributed by atoms with Crippen molar-refractivity contribution < 1.29 is 10.0 Å². The number of imidazole rings is 1.